The van der Waals surface area contributed by atoms with Gasteiger partial charge in [0.25, 0.3) is 0 Å². The number of pyridine rings is 3. The maximum atomic E-state index is 7.08. The minimum absolute atomic E-state index is 0.644. The molecule has 64 heavy (non-hydrogen) atoms. The molecule has 2 atom stereocenters. The fourth-order valence-corrected chi connectivity index (χ4v) is 9.64. The van der Waals surface area contributed by atoms with E-state index in [0.29, 0.717) is 0 Å². The minimum Gasteiger partial charge on any atom is -0.453 e. The number of nitrogens with zero attached hydrogens (tertiary/aromatic N) is 3. The highest BCUT2D eigenvalue weighted by Gasteiger charge is 2.37. The Morgan fingerprint density at radius 3 is 1.69 bits per heavy atom. The molecular weight excluding hydrogens is 779 g/mol. The third-order valence-corrected chi connectivity index (χ3v) is 13.3. The second kappa shape index (κ2) is 15.7. The van der Waals surface area contributed by atoms with Crippen LogP contribution in [0.25, 0.3) is 66.2 Å². The van der Waals surface area contributed by atoms with Gasteiger partial charge in [-0.2, -0.15) is 0 Å². The summed E-state index contributed by atoms with van der Waals surface area (Å²) in [6, 6.07) is 73.1. The Labute approximate surface area is 373 Å². The van der Waals surface area contributed by atoms with Gasteiger partial charge in [0, 0.05) is 34.1 Å². The summed E-state index contributed by atoms with van der Waals surface area (Å²) in [5.74, 6) is 0. The monoisotopic (exact) mass is 823 g/mol. The second-order valence-electron chi connectivity index (χ2n) is 17.2. The molecule has 0 aliphatic heterocycles. The number of hydrogen-bond donors (Lipinski definition) is 0. The van der Waals surface area contributed by atoms with Crippen molar-refractivity contribution in [3.8, 4) is 33.5 Å². The molecule has 0 fully saturated rings. The Balaban J connectivity index is 1.14. The van der Waals surface area contributed by atoms with Gasteiger partial charge in [-0.15, -0.1) is 0 Å². The summed E-state index contributed by atoms with van der Waals surface area (Å²) in [5.41, 5.74) is 13.9. The number of rotatable bonds is 9. The average molecular weight is 824 g/mol. The highest BCUT2D eigenvalue weighted by Crippen LogP contribution is 2.46. The average Bonchev–Trinajstić information content (AvgIpc) is 3.76. The molecule has 4 heteroatoms. The van der Waals surface area contributed by atoms with Gasteiger partial charge in [0.15, 0.2) is 5.58 Å². The molecule has 4 nitrogen and oxygen atoms in total. The van der Waals surface area contributed by atoms with Crippen molar-refractivity contribution in [3.05, 3.63) is 258 Å². The van der Waals surface area contributed by atoms with Crippen molar-refractivity contribution in [3.63, 3.8) is 0 Å². The molecule has 0 N–H and O–H groups in total. The van der Waals surface area contributed by atoms with Crippen molar-refractivity contribution < 1.29 is 4.42 Å². The first-order valence-electron chi connectivity index (χ1n) is 21.9. The molecule has 4 aromatic heterocycles. The predicted molar refractivity (Wildman–Crippen MR) is 263 cm³/mol. The largest absolute Gasteiger partial charge is 0.453 e. The Kier molecular flexibility index (Phi) is 9.58. The Morgan fingerprint density at radius 2 is 0.969 bits per heavy atom. The van der Waals surface area contributed by atoms with Gasteiger partial charge in [-0.1, -0.05) is 157 Å². The standard InChI is InChI=1S/C60H45N3O/c1-40-35-46(38-49(36-40)59(2,53-25-12-14-33-61-53)48-23-16-20-45(37-48)43-29-27-42(28-30-43)41-17-6-4-7-18-41)56-58-52(51-32-31-44-19-10-11-24-50(44)57(51)64-58)39-55(63-56)60(3,47-21-8-5-9-22-47)54-26-13-15-34-62-54/h4-39H,1-3H3. The zero-order chi connectivity index (χ0) is 43.3. The highest BCUT2D eigenvalue weighted by atomic mass is 16.3. The summed E-state index contributed by atoms with van der Waals surface area (Å²) >= 11 is 0. The number of aryl methyl sites for hydroxylation is 1. The van der Waals surface area contributed by atoms with Crippen LogP contribution < -0.4 is 0 Å². The van der Waals surface area contributed by atoms with Gasteiger partial charge >= 0.3 is 0 Å². The SMILES string of the molecule is Cc1cc(-c2nc(C(C)(c3ccccc3)c3ccccn3)cc3c2oc2c4ccccc4ccc32)cc(C(C)(c2cccc(-c3ccc(-c4ccccc4)cc3)c2)c2ccccn2)c1. The van der Waals surface area contributed by atoms with Crippen LogP contribution in [0.4, 0.5) is 0 Å². The topological polar surface area (TPSA) is 51.8 Å². The molecule has 0 bridgehead atoms. The second-order valence-corrected chi connectivity index (χ2v) is 17.2. The lowest BCUT2D eigenvalue weighted by Crippen LogP contribution is -2.28. The molecule has 11 aromatic rings. The van der Waals surface area contributed by atoms with E-state index in [-0.39, 0.29) is 0 Å². The molecule has 0 saturated carbocycles. The van der Waals surface area contributed by atoms with Crippen molar-refractivity contribution in [1.29, 1.82) is 0 Å². The smallest absolute Gasteiger partial charge is 0.161 e. The number of aromatic nitrogens is 3. The molecule has 306 valence electrons. The van der Waals surface area contributed by atoms with Crippen LogP contribution >= 0.6 is 0 Å². The van der Waals surface area contributed by atoms with Crippen molar-refractivity contribution in [2.75, 3.05) is 0 Å². The molecule has 0 saturated heterocycles. The van der Waals surface area contributed by atoms with Gasteiger partial charge < -0.3 is 4.42 Å². The van der Waals surface area contributed by atoms with Crippen LogP contribution in [0.3, 0.4) is 0 Å². The molecule has 11 rings (SSSR count). The van der Waals surface area contributed by atoms with Crippen molar-refractivity contribution in [2.24, 2.45) is 0 Å². The van der Waals surface area contributed by atoms with E-state index in [1.165, 1.54) is 11.1 Å². The van der Waals surface area contributed by atoms with Crippen LogP contribution in [0.15, 0.2) is 223 Å². The Hall–Kier alpha value is -7.95. The maximum Gasteiger partial charge on any atom is 0.161 e. The van der Waals surface area contributed by atoms with Crippen LogP contribution in [0.1, 0.15) is 53.2 Å². The van der Waals surface area contributed by atoms with Crippen LogP contribution in [-0.4, -0.2) is 15.0 Å². The molecule has 0 aliphatic carbocycles. The zero-order valence-corrected chi connectivity index (χ0v) is 36.0. The first-order valence-corrected chi connectivity index (χ1v) is 21.9. The highest BCUT2D eigenvalue weighted by molar-refractivity contribution is 6.17. The summed E-state index contributed by atoms with van der Waals surface area (Å²) < 4.78 is 7.08. The maximum absolute atomic E-state index is 7.08. The van der Waals surface area contributed by atoms with Gasteiger partial charge in [-0.05, 0) is 120 Å². The van der Waals surface area contributed by atoms with E-state index in [4.69, 9.17) is 19.4 Å². The number of furan rings is 1. The lowest BCUT2D eigenvalue weighted by atomic mass is 9.72. The first-order chi connectivity index (χ1) is 31.4. The van der Waals surface area contributed by atoms with Gasteiger partial charge in [-0.3, -0.25) is 9.97 Å². The normalized spacial score (nSPS) is 13.5. The number of fused-ring (bicyclic) bond motifs is 5. The van der Waals surface area contributed by atoms with Crippen molar-refractivity contribution >= 4 is 32.7 Å². The third kappa shape index (κ3) is 6.58. The number of benzene rings is 7. The zero-order valence-electron chi connectivity index (χ0n) is 36.0. The first kappa shape index (κ1) is 38.9. The molecule has 0 aliphatic rings. The van der Waals surface area contributed by atoms with Crippen LogP contribution in [-0.2, 0) is 10.8 Å². The third-order valence-electron chi connectivity index (χ3n) is 13.3. The summed E-state index contributed by atoms with van der Waals surface area (Å²) in [7, 11) is 0. The van der Waals surface area contributed by atoms with E-state index in [9.17, 15) is 0 Å². The van der Waals surface area contributed by atoms with Gasteiger partial charge in [0.05, 0.1) is 27.9 Å². The van der Waals surface area contributed by atoms with Crippen molar-refractivity contribution in [2.45, 2.75) is 31.6 Å². The van der Waals surface area contributed by atoms with E-state index < -0.39 is 10.8 Å². The van der Waals surface area contributed by atoms with E-state index in [1.807, 2.05) is 24.5 Å². The van der Waals surface area contributed by atoms with Crippen LogP contribution in [0.5, 0.6) is 0 Å². The lowest BCUT2D eigenvalue weighted by Gasteiger charge is -2.32. The molecular formula is C60H45N3O. The van der Waals surface area contributed by atoms with E-state index in [0.717, 1.165) is 94.4 Å². The summed E-state index contributed by atoms with van der Waals surface area (Å²) in [4.78, 5) is 15.8. The Bertz CT molecular complexity index is 3420. The summed E-state index contributed by atoms with van der Waals surface area (Å²) in [6.45, 7) is 6.71. The molecule has 4 heterocycles. The minimum atomic E-state index is -0.694. The molecule has 0 spiro atoms. The lowest BCUT2D eigenvalue weighted by molar-refractivity contribution is 0.638. The van der Waals surface area contributed by atoms with Crippen molar-refractivity contribution in [1.82, 2.24) is 15.0 Å². The van der Waals surface area contributed by atoms with Crippen LogP contribution in [0.2, 0.25) is 0 Å². The summed E-state index contributed by atoms with van der Waals surface area (Å²) in [5, 5.41) is 4.27. The fraction of sp³-hybridized carbons (Fsp3) is 0.0833. The fourth-order valence-electron chi connectivity index (χ4n) is 9.64. The van der Waals surface area contributed by atoms with Gasteiger partial charge in [-0.25, -0.2) is 4.98 Å². The number of hydrogen-bond acceptors (Lipinski definition) is 4. The van der Waals surface area contributed by atoms with Crippen LogP contribution in [0, 0.1) is 6.92 Å². The van der Waals surface area contributed by atoms with E-state index in [2.05, 4.69) is 215 Å². The summed E-state index contributed by atoms with van der Waals surface area (Å²) in [6.07, 6.45) is 3.77. The van der Waals surface area contributed by atoms with Gasteiger partial charge in [0.1, 0.15) is 11.3 Å². The van der Waals surface area contributed by atoms with E-state index >= 15 is 0 Å². The molecule has 0 radical (unpaired) electrons. The molecule has 2 unspecified atom stereocenters. The Morgan fingerprint density at radius 1 is 0.375 bits per heavy atom. The van der Waals surface area contributed by atoms with E-state index in [1.54, 1.807) is 0 Å². The quantitative estimate of drug-likeness (QED) is 0.145. The predicted octanol–water partition coefficient (Wildman–Crippen LogP) is 14.9. The van der Waals surface area contributed by atoms with Gasteiger partial charge in [0.2, 0.25) is 0 Å². The molecule has 0 amide bonds. The molecule has 7 aromatic carbocycles.